The van der Waals surface area contributed by atoms with Crippen molar-refractivity contribution < 1.29 is 38.2 Å². The number of carbonyl (C=O) groups is 3. The van der Waals surface area contributed by atoms with E-state index in [0.717, 1.165) is 38.5 Å². The Hall–Kier alpha value is -1.67. The number of esters is 2. The van der Waals surface area contributed by atoms with E-state index in [2.05, 4.69) is 13.8 Å². The fraction of sp³-hybridized carbons (Fsp3) is 0.940. The van der Waals surface area contributed by atoms with Crippen LogP contribution in [-0.4, -0.2) is 80.6 Å². The molecule has 0 aliphatic rings. The Morgan fingerprint density at radius 1 is 0.448 bits per heavy atom. The first-order valence-corrected chi connectivity index (χ1v) is 25.1. The van der Waals surface area contributed by atoms with Crippen LogP contribution in [0.15, 0.2) is 0 Å². The quantitative estimate of drug-likeness (QED) is 0.0371. The molecule has 8 heteroatoms. The number of nitrogens with zero attached hydrogens (tertiary/aromatic N) is 1. The van der Waals surface area contributed by atoms with E-state index < -0.39 is 18.1 Å². The zero-order valence-electron chi connectivity index (χ0n) is 39.3. The molecular formula is C50H98NO7+. The molecular weight excluding hydrogens is 727 g/mol. The highest BCUT2D eigenvalue weighted by Crippen LogP contribution is 2.17. The minimum atomic E-state index is -0.869. The lowest BCUT2D eigenvalue weighted by Gasteiger charge is -2.31. The Labute approximate surface area is 359 Å². The summed E-state index contributed by atoms with van der Waals surface area (Å²) in [7, 11) is 5.55. The van der Waals surface area contributed by atoms with Gasteiger partial charge in [0.2, 0.25) is 0 Å². The fourth-order valence-electron chi connectivity index (χ4n) is 7.86. The van der Waals surface area contributed by atoms with Gasteiger partial charge in [0.1, 0.15) is 6.61 Å². The van der Waals surface area contributed by atoms with Crippen molar-refractivity contribution in [3.8, 4) is 0 Å². The van der Waals surface area contributed by atoms with E-state index in [-0.39, 0.29) is 36.2 Å². The number of unbranched alkanes of at least 4 members (excludes halogenated alkanes) is 32. The van der Waals surface area contributed by atoms with Crippen LogP contribution in [0.1, 0.15) is 251 Å². The second kappa shape index (κ2) is 42.0. The lowest BCUT2D eigenvalue weighted by atomic mass is 10.0. The molecule has 0 aliphatic carbocycles. The van der Waals surface area contributed by atoms with Gasteiger partial charge in [-0.25, -0.2) is 4.79 Å². The van der Waals surface area contributed by atoms with Crippen molar-refractivity contribution >= 4 is 17.9 Å². The van der Waals surface area contributed by atoms with E-state index in [1.54, 1.807) is 0 Å². The molecule has 0 radical (unpaired) electrons. The maximum Gasteiger partial charge on any atom is 0.362 e. The highest BCUT2D eigenvalue weighted by Gasteiger charge is 2.31. The lowest BCUT2D eigenvalue weighted by molar-refractivity contribution is -0.887. The summed E-state index contributed by atoms with van der Waals surface area (Å²) in [6.07, 6.45) is 44.3. The molecule has 344 valence electrons. The summed E-state index contributed by atoms with van der Waals surface area (Å²) in [5.41, 5.74) is 0. The minimum absolute atomic E-state index is 0.0416. The van der Waals surface area contributed by atoms with Gasteiger partial charge in [0.15, 0.2) is 12.1 Å². The van der Waals surface area contributed by atoms with Gasteiger partial charge in [-0.05, 0) is 12.8 Å². The van der Waals surface area contributed by atoms with Gasteiger partial charge in [0.05, 0.1) is 34.4 Å². The summed E-state index contributed by atoms with van der Waals surface area (Å²) in [6.45, 7) is 4.79. The molecule has 2 atom stereocenters. The van der Waals surface area contributed by atoms with Gasteiger partial charge in [0.25, 0.3) is 0 Å². The van der Waals surface area contributed by atoms with Crippen LogP contribution in [0.25, 0.3) is 0 Å². The third-order valence-corrected chi connectivity index (χ3v) is 11.8. The van der Waals surface area contributed by atoms with Crippen LogP contribution in [0.3, 0.4) is 0 Å². The maximum absolute atomic E-state index is 12.8. The Morgan fingerprint density at radius 3 is 1.07 bits per heavy atom. The molecule has 0 aliphatic heterocycles. The number of aliphatic carboxylic acids is 1. The Morgan fingerprint density at radius 2 is 0.759 bits per heavy atom. The van der Waals surface area contributed by atoms with E-state index >= 15 is 0 Å². The summed E-state index contributed by atoms with van der Waals surface area (Å²) >= 11 is 0. The van der Waals surface area contributed by atoms with Crippen LogP contribution in [0, 0.1) is 0 Å². The predicted molar refractivity (Wildman–Crippen MR) is 243 cm³/mol. The predicted octanol–water partition coefficient (Wildman–Crippen LogP) is 14.1. The van der Waals surface area contributed by atoms with E-state index in [9.17, 15) is 19.5 Å². The van der Waals surface area contributed by atoms with Gasteiger partial charge >= 0.3 is 17.9 Å². The van der Waals surface area contributed by atoms with Crippen molar-refractivity contribution in [1.29, 1.82) is 0 Å². The first-order valence-electron chi connectivity index (χ1n) is 25.1. The Bertz CT molecular complexity index is 920. The van der Waals surface area contributed by atoms with Crippen LogP contribution in [0.5, 0.6) is 0 Å². The zero-order chi connectivity index (χ0) is 42.8. The summed E-state index contributed by atoms with van der Waals surface area (Å²) < 4.78 is 17.3. The zero-order valence-corrected chi connectivity index (χ0v) is 39.3. The molecule has 2 unspecified atom stereocenters. The van der Waals surface area contributed by atoms with Gasteiger partial charge in [-0.2, -0.15) is 0 Å². The monoisotopic (exact) mass is 825 g/mol. The van der Waals surface area contributed by atoms with Crippen molar-refractivity contribution in [2.24, 2.45) is 0 Å². The van der Waals surface area contributed by atoms with Crippen LogP contribution < -0.4 is 0 Å². The lowest BCUT2D eigenvalue weighted by Crippen LogP contribution is -2.50. The van der Waals surface area contributed by atoms with Gasteiger partial charge in [-0.15, -0.1) is 0 Å². The SMILES string of the molecule is CCCCCCCCCCCCCCCCCCCCCCCC(=O)OC(COCCC(C(=O)O)[N+](C)(C)C)COC(=O)CCCCCCCCCCCCCCC. The Kier molecular flexibility index (Phi) is 40.8. The number of ether oxygens (including phenoxy) is 3. The number of carboxylic acid groups (broad SMARTS) is 1. The molecule has 0 rings (SSSR count). The molecule has 1 N–H and O–H groups in total. The molecule has 0 aromatic rings. The summed E-state index contributed by atoms with van der Waals surface area (Å²) in [4.78, 5) is 37.1. The Balaban J connectivity index is 4.17. The average Bonchev–Trinajstić information content (AvgIpc) is 3.18. The van der Waals surface area contributed by atoms with Crippen LogP contribution >= 0.6 is 0 Å². The molecule has 0 amide bonds. The molecule has 8 nitrogen and oxygen atoms in total. The van der Waals surface area contributed by atoms with E-state index in [1.807, 2.05) is 21.1 Å². The number of carboxylic acids is 1. The standard InChI is InChI=1S/C50H97NO7/c1-6-8-10-12-14-16-18-20-21-22-23-24-25-26-27-29-31-33-35-37-39-41-49(53)58-46(44-56-43-42-47(50(54)55)51(3,4)5)45-57-48(52)40-38-36-34-32-30-28-19-17-15-13-11-9-7-2/h46-47H,6-45H2,1-5H3/p+1. The highest BCUT2D eigenvalue weighted by atomic mass is 16.6. The van der Waals surface area contributed by atoms with Gasteiger partial charge in [0, 0.05) is 19.3 Å². The number of quaternary nitrogens is 1. The second-order valence-corrected chi connectivity index (χ2v) is 18.4. The van der Waals surface area contributed by atoms with Crippen molar-refractivity contribution in [2.45, 2.75) is 264 Å². The van der Waals surface area contributed by atoms with Crippen molar-refractivity contribution in [2.75, 3.05) is 41.0 Å². The number of hydrogen-bond donors (Lipinski definition) is 1. The summed E-state index contributed by atoms with van der Waals surface area (Å²) in [5.74, 6) is -1.44. The van der Waals surface area contributed by atoms with Crippen LogP contribution in [0.4, 0.5) is 0 Å². The van der Waals surface area contributed by atoms with Gasteiger partial charge < -0.3 is 23.8 Å². The normalized spacial score (nSPS) is 12.8. The summed E-state index contributed by atoms with van der Waals surface area (Å²) in [6, 6.07) is -0.608. The third kappa shape index (κ3) is 39.8. The van der Waals surface area contributed by atoms with E-state index in [0.29, 0.717) is 19.3 Å². The number of likely N-dealkylation sites (N-methyl/N-ethyl adjacent to an activating group) is 1. The first-order chi connectivity index (χ1) is 28.1. The van der Waals surface area contributed by atoms with Crippen molar-refractivity contribution in [1.82, 2.24) is 0 Å². The first kappa shape index (κ1) is 56.3. The van der Waals surface area contributed by atoms with Crippen molar-refractivity contribution in [3.05, 3.63) is 0 Å². The summed E-state index contributed by atoms with van der Waals surface area (Å²) in [5, 5.41) is 9.64. The molecule has 0 heterocycles. The van der Waals surface area contributed by atoms with E-state index in [1.165, 1.54) is 180 Å². The largest absolute Gasteiger partial charge is 0.477 e. The molecule has 0 spiro atoms. The number of carbonyl (C=O) groups excluding carboxylic acids is 2. The van der Waals surface area contributed by atoms with Crippen LogP contribution in [-0.2, 0) is 28.6 Å². The molecule has 58 heavy (non-hydrogen) atoms. The molecule has 0 fully saturated rings. The van der Waals surface area contributed by atoms with E-state index in [4.69, 9.17) is 14.2 Å². The molecule has 0 saturated heterocycles. The smallest absolute Gasteiger partial charge is 0.362 e. The third-order valence-electron chi connectivity index (χ3n) is 11.8. The fourth-order valence-corrected chi connectivity index (χ4v) is 7.86. The maximum atomic E-state index is 12.8. The topological polar surface area (TPSA) is 99.1 Å². The highest BCUT2D eigenvalue weighted by molar-refractivity contribution is 5.72. The van der Waals surface area contributed by atoms with Gasteiger partial charge in [-0.3, -0.25) is 9.59 Å². The number of hydrogen-bond acceptors (Lipinski definition) is 6. The average molecular weight is 825 g/mol. The molecule has 0 aromatic carbocycles. The number of rotatable bonds is 46. The minimum Gasteiger partial charge on any atom is -0.477 e. The molecule has 0 bridgehead atoms. The van der Waals surface area contributed by atoms with Gasteiger partial charge in [-0.1, -0.05) is 219 Å². The molecule has 0 aromatic heterocycles. The van der Waals surface area contributed by atoms with Crippen molar-refractivity contribution in [3.63, 3.8) is 0 Å². The molecule has 0 saturated carbocycles. The second-order valence-electron chi connectivity index (χ2n) is 18.4. The van der Waals surface area contributed by atoms with Crippen LogP contribution in [0.2, 0.25) is 0 Å².